The molecule has 1 rings (SSSR count). The smallest absolute Gasteiger partial charge is 0.348 e. The van der Waals surface area contributed by atoms with Gasteiger partial charge in [-0.25, -0.2) is 4.79 Å². The number of thiophene rings is 1. The molecule has 0 radical (unpaired) electrons. The lowest BCUT2D eigenvalue weighted by molar-refractivity contribution is -0.0832. The maximum Gasteiger partial charge on any atom is 0.348 e. The van der Waals surface area contributed by atoms with Crippen LogP contribution in [-0.2, 0) is 9.47 Å². The van der Waals surface area contributed by atoms with Gasteiger partial charge in [-0.15, -0.1) is 11.3 Å². The van der Waals surface area contributed by atoms with E-state index in [1.807, 2.05) is 19.9 Å². The van der Waals surface area contributed by atoms with Crippen molar-refractivity contribution < 1.29 is 14.3 Å². The van der Waals surface area contributed by atoms with Crippen LogP contribution in [0.5, 0.6) is 0 Å². The molecule has 128 valence electrons. The van der Waals surface area contributed by atoms with Crippen LogP contribution in [0.15, 0.2) is 6.07 Å². The van der Waals surface area contributed by atoms with E-state index in [-0.39, 0.29) is 17.1 Å². The number of rotatable bonds is 4. The minimum Gasteiger partial charge on any atom is -0.465 e. The summed E-state index contributed by atoms with van der Waals surface area (Å²) >= 11 is 1.47. The topological polar surface area (TPSA) is 38.8 Å². The SMILES string of the molecule is COC(=O)c1cc(C)c(C)s1.COC(C)(C)C(C)(C)N(C)C. The van der Waals surface area contributed by atoms with E-state index in [4.69, 9.17) is 4.74 Å². The summed E-state index contributed by atoms with van der Waals surface area (Å²) in [5.41, 5.74) is 1.09. The Labute approximate surface area is 139 Å². The molecule has 0 aliphatic carbocycles. The standard InChI is InChI=1S/C9H21NO.C8H10O2S/c1-8(2,10(5)6)9(3,4)11-7;1-5-4-7(8(9)10-3)11-6(5)2/h1-7H3;4H,1-3H3. The molecule has 0 saturated heterocycles. The molecule has 4 nitrogen and oxygen atoms in total. The largest absolute Gasteiger partial charge is 0.465 e. The van der Waals surface area contributed by atoms with Gasteiger partial charge in [0.15, 0.2) is 0 Å². The zero-order chi connectivity index (χ0) is 17.7. The third-order valence-corrected chi connectivity index (χ3v) is 5.79. The first kappa shape index (κ1) is 21.1. The van der Waals surface area contributed by atoms with E-state index in [0.29, 0.717) is 4.88 Å². The van der Waals surface area contributed by atoms with E-state index in [9.17, 15) is 4.79 Å². The molecule has 0 amide bonds. The highest BCUT2D eigenvalue weighted by Gasteiger charge is 2.38. The molecule has 0 saturated carbocycles. The number of hydrogen-bond donors (Lipinski definition) is 0. The van der Waals surface area contributed by atoms with Crippen LogP contribution in [0.3, 0.4) is 0 Å². The lowest BCUT2D eigenvalue weighted by atomic mass is 9.85. The number of hydrogen-bond acceptors (Lipinski definition) is 5. The Balaban J connectivity index is 0.000000401. The molecule has 0 bridgehead atoms. The van der Waals surface area contributed by atoms with Crippen molar-refractivity contribution >= 4 is 17.3 Å². The van der Waals surface area contributed by atoms with Gasteiger partial charge in [0.2, 0.25) is 0 Å². The third kappa shape index (κ3) is 5.07. The lowest BCUT2D eigenvalue weighted by Gasteiger charge is -2.45. The van der Waals surface area contributed by atoms with Crippen molar-refractivity contribution in [3.05, 3.63) is 21.4 Å². The minimum atomic E-state index is -0.244. The summed E-state index contributed by atoms with van der Waals surface area (Å²) in [4.78, 5) is 15.0. The van der Waals surface area contributed by atoms with Gasteiger partial charge in [-0.2, -0.15) is 0 Å². The Hall–Kier alpha value is -0.910. The van der Waals surface area contributed by atoms with Crippen LogP contribution in [-0.4, -0.2) is 50.3 Å². The first-order chi connectivity index (χ1) is 9.90. The fourth-order valence-electron chi connectivity index (χ4n) is 1.56. The van der Waals surface area contributed by atoms with Crippen LogP contribution < -0.4 is 0 Å². The van der Waals surface area contributed by atoms with E-state index >= 15 is 0 Å². The Morgan fingerprint density at radius 3 is 1.86 bits per heavy atom. The molecule has 0 atom stereocenters. The molecular formula is C17H31NO3S. The predicted molar refractivity (Wildman–Crippen MR) is 94.0 cm³/mol. The van der Waals surface area contributed by atoms with Gasteiger partial charge < -0.3 is 14.4 Å². The summed E-state index contributed by atoms with van der Waals surface area (Å²) < 4.78 is 10.00. The average molecular weight is 330 g/mol. The summed E-state index contributed by atoms with van der Waals surface area (Å²) in [6.45, 7) is 12.5. The summed E-state index contributed by atoms with van der Waals surface area (Å²) in [6.07, 6.45) is 0. The number of esters is 1. The molecular weight excluding hydrogens is 298 g/mol. The Morgan fingerprint density at radius 1 is 1.14 bits per heavy atom. The second-order valence-electron chi connectivity index (χ2n) is 6.51. The Kier molecular flexibility index (Phi) is 7.75. The van der Waals surface area contributed by atoms with Crippen molar-refractivity contribution in [2.24, 2.45) is 0 Å². The summed E-state index contributed by atoms with van der Waals surface area (Å²) in [7, 11) is 7.29. The van der Waals surface area contributed by atoms with Gasteiger partial charge in [0.05, 0.1) is 12.7 Å². The van der Waals surface area contributed by atoms with Gasteiger partial charge in [0.1, 0.15) is 4.88 Å². The van der Waals surface area contributed by atoms with Crippen LogP contribution in [0.2, 0.25) is 0 Å². The third-order valence-electron chi connectivity index (χ3n) is 4.65. The number of aryl methyl sites for hydroxylation is 2. The zero-order valence-corrected chi connectivity index (χ0v) is 16.5. The van der Waals surface area contributed by atoms with E-state index in [1.54, 1.807) is 7.11 Å². The van der Waals surface area contributed by atoms with Gasteiger partial charge in [0, 0.05) is 17.5 Å². The number of carbonyl (C=O) groups excluding carboxylic acids is 1. The molecule has 0 aliphatic rings. The summed E-state index contributed by atoms with van der Waals surface area (Å²) in [6, 6.07) is 1.85. The first-order valence-corrected chi connectivity index (χ1v) is 8.10. The molecule has 5 heteroatoms. The highest BCUT2D eigenvalue weighted by Crippen LogP contribution is 2.28. The van der Waals surface area contributed by atoms with Crippen molar-refractivity contribution in [1.82, 2.24) is 4.90 Å². The molecule has 22 heavy (non-hydrogen) atoms. The first-order valence-electron chi connectivity index (χ1n) is 7.28. The van der Waals surface area contributed by atoms with Crippen molar-refractivity contribution in [3.63, 3.8) is 0 Å². The van der Waals surface area contributed by atoms with Crippen molar-refractivity contribution in [2.45, 2.75) is 52.7 Å². The van der Waals surface area contributed by atoms with Gasteiger partial charge >= 0.3 is 5.97 Å². The van der Waals surface area contributed by atoms with Crippen LogP contribution in [0, 0.1) is 13.8 Å². The molecule has 0 aromatic carbocycles. The average Bonchev–Trinajstić information content (AvgIpc) is 2.78. The normalized spacial score (nSPS) is 12.0. The minimum absolute atomic E-state index is 0.0573. The van der Waals surface area contributed by atoms with Crippen LogP contribution in [0.25, 0.3) is 0 Å². The lowest BCUT2D eigenvalue weighted by Crippen LogP contribution is -2.55. The maximum atomic E-state index is 11.0. The van der Waals surface area contributed by atoms with Crippen molar-refractivity contribution in [2.75, 3.05) is 28.3 Å². The second kappa shape index (κ2) is 8.09. The highest BCUT2D eigenvalue weighted by atomic mass is 32.1. The highest BCUT2D eigenvalue weighted by molar-refractivity contribution is 7.14. The number of nitrogens with zero attached hydrogens (tertiary/aromatic N) is 1. The van der Waals surface area contributed by atoms with Crippen molar-refractivity contribution in [3.8, 4) is 0 Å². The predicted octanol–water partition coefficient (Wildman–Crippen LogP) is 3.90. The number of methoxy groups -OCH3 is 2. The van der Waals surface area contributed by atoms with Crippen LogP contribution in [0.4, 0.5) is 0 Å². The van der Waals surface area contributed by atoms with E-state index in [1.165, 1.54) is 23.3 Å². The van der Waals surface area contributed by atoms with Crippen molar-refractivity contribution in [1.29, 1.82) is 0 Å². The number of ether oxygens (including phenoxy) is 2. The molecule has 1 aromatic rings. The quantitative estimate of drug-likeness (QED) is 0.785. The fraction of sp³-hybridized carbons (Fsp3) is 0.706. The molecule has 1 heterocycles. The Bertz CT molecular complexity index is 471. The van der Waals surface area contributed by atoms with E-state index in [2.05, 4.69) is 51.4 Å². The van der Waals surface area contributed by atoms with E-state index < -0.39 is 0 Å². The summed E-state index contributed by atoms with van der Waals surface area (Å²) in [5.74, 6) is -0.244. The molecule has 0 spiro atoms. The molecule has 0 unspecified atom stereocenters. The molecule has 1 aromatic heterocycles. The van der Waals surface area contributed by atoms with Crippen LogP contribution in [0.1, 0.15) is 47.8 Å². The van der Waals surface area contributed by atoms with Crippen LogP contribution >= 0.6 is 11.3 Å². The number of likely N-dealkylation sites (N-methyl/N-ethyl adjacent to an activating group) is 1. The number of carbonyl (C=O) groups is 1. The molecule has 0 fully saturated rings. The van der Waals surface area contributed by atoms with Gasteiger partial charge in [0.25, 0.3) is 0 Å². The monoisotopic (exact) mass is 329 g/mol. The van der Waals surface area contributed by atoms with E-state index in [0.717, 1.165) is 5.56 Å². The molecule has 0 N–H and O–H groups in total. The molecule has 0 aliphatic heterocycles. The van der Waals surface area contributed by atoms with Gasteiger partial charge in [-0.3, -0.25) is 0 Å². The second-order valence-corrected chi connectivity index (χ2v) is 7.77. The fourth-order valence-corrected chi connectivity index (χ4v) is 2.51. The van der Waals surface area contributed by atoms with Gasteiger partial charge in [-0.1, -0.05) is 0 Å². The van der Waals surface area contributed by atoms with Gasteiger partial charge in [-0.05, 0) is 67.3 Å². The Morgan fingerprint density at radius 2 is 1.64 bits per heavy atom. The summed E-state index contributed by atoms with van der Waals surface area (Å²) in [5, 5.41) is 0. The zero-order valence-electron chi connectivity index (χ0n) is 15.7. The maximum absolute atomic E-state index is 11.0.